The minimum absolute atomic E-state index is 0.349. The van der Waals surface area contributed by atoms with Crippen molar-refractivity contribution in [2.75, 3.05) is 7.05 Å². The molecule has 0 amide bonds. The molecule has 1 fully saturated rings. The Labute approximate surface area is 93.7 Å². The smallest absolute Gasteiger partial charge is 0.0792 e. The Bertz CT molecular complexity index is 214. The molecular formula is C12H23NS. The highest BCUT2D eigenvalue weighted by Crippen LogP contribution is 2.51. The summed E-state index contributed by atoms with van der Waals surface area (Å²) < 4.78 is 0. The first kappa shape index (κ1) is 12.0. The quantitative estimate of drug-likeness (QED) is 0.670. The molecule has 14 heavy (non-hydrogen) atoms. The highest BCUT2D eigenvalue weighted by molar-refractivity contribution is 7.80. The number of rotatable bonds is 1. The molecule has 0 bridgehead atoms. The Hall–Kier alpha value is -0.110. The van der Waals surface area contributed by atoms with Gasteiger partial charge in [-0.15, -0.1) is 0 Å². The Morgan fingerprint density at radius 1 is 1.14 bits per heavy atom. The summed E-state index contributed by atoms with van der Waals surface area (Å²) in [6, 6.07) is 0. The summed E-state index contributed by atoms with van der Waals surface area (Å²) in [7, 11) is 1.95. The Morgan fingerprint density at radius 3 is 1.93 bits per heavy atom. The van der Waals surface area contributed by atoms with E-state index >= 15 is 0 Å². The molecule has 0 spiro atoms. The van der Waals surface area contributed by atoms with E-state index in [4.69, 9.17) is 12.2 Å². The van der Waals surface area contributed by atoms with E-state index in [1.165, 1.54) is 19.3 Å². The van der Waals surface area contributed by atoms with Crippen molar-refractivity contribution in [1.82, 2.24) is 5.32 Å². The van der Waals surface area contributed by atoms with E-state index in [0.717, 1.165) is 4.99 Å². The van der Waals surface area contributed by atoms with E-state index in [2.05, 4.69) is 33.0 Å². The molecule has 0 unspecified atom stereocenters. The molecule has 1 rings (SSSR count). The molecule has 1 aliphatic carbocycles. The van der Waals surface area contributed by atoms with Crippen molar-refractivity contribution in [2.45, 2.75) is 47.0 Å². The van der Waals surface area contributed by atoms with Crippen LogP contribution in [-0.2, 0) is 0 Å². The van der Waals surface area contributed by atoms with Crippen LogP contribution in [0.5, 0.6) is 0 Å². The monoisotopic (exact) mass is 213 g/mol. The number of thiocarbonyl (C=S) groups is 1. The van der Waals surface area contributed by atoms with Gasteiger partial charge in [-0.25, -0.2) is 0 Å². The third-order valence-corrected chi connectivity index (χ3v) is 4.15. The molecule has 1 aliphatic rings. The minimum atomic E-state index is 0.349. The van der Waals surface area contributed by atoms with Crippen LogP contribution < -0.4 is 5.32 Å². The summed E-state index contributed by atoms with van der Waals surface area (Å²) in [5.41, 5.74) is 0.698. The molecule has 1 saturated carbocycles. The second-order valence-electron chi connectivity index (χ2n) is 5.88. The van der Waals surface area contributed by atoms with Gasteiger partial charge in [-0.2, -0.15) is 0 Å². The standard InChI is InChI=1S/C12H23NS/c1-11(2)7-6-8-12(3,4)9(11)10(14)13-5/h9H,6-8H2,1-5H3,(H,13,14). The first-order chi connectivity index (χ1) is 6.31. The molecule has 1 N–H and O–H groups in total. The Morgan fingerprint density at radius 2 is 1.57 bits per heavy atom. The van der Waals surface area contributed by atoms with E-state index < -0.39 is 0 Å². The highest BCUT2D eigenvalue weighted by Gasteiger charge is 2.45. The van der Waals surface area contributed by atoms with Crippen LogP contribution in [0.2, 0.25) is 0 Å². The Balaban J connectivity index is 2.97. The van der Waals surface area contributed by atoms with Gasteiger partial charge < -0.3 is 5.32 Å². The topological polar surface area (TPSA) is 12.0 Å². The van der Waals surface area contributed by atoms with Crippen LogP contribution in [0.3, 0.4) is 0 Å². The molecule has 82 valence electrons. The van der Waals surface area contributed by atoms with E-state index in [1.54, 1.807) is 0 Å². The van der Waals surface area contributed by atoms with Crippen LogP contribution in [0, 0.1) is 16.7 Å². The van der Waals surface area contributed by atoms with Gasteiger partial charge >= 0.3 is 0 Å². The zero-order chi connectivity index (χ0) is 11.0. The fourth-order valence-electron chi connectivity index (χ4n) is 3.20. The average molecular weight is 213 g/mol. The zero-order valence-corrected chi connectivity index (χ0v) is 10.9. The van der Waals surface area contributed by atoms with Crippen molar-refractivity contribution in [3.63, 3.8) is 0 Å². The highest BCUT2D eigenvalue weighted by atomic mass is 32.1. The summed E-state index contributed by atoms with van der Waals surface area (Å²) in [6.07, 6.45) is 3.93. The number of hydrogen-bond acceptors (Lipinski definition) is 1. The molecular weight excluding hydrogens is 190 g/mol. The fourth-order valence-corrected chi connectivity index (χ4v) is 3.84. The SMILES string of the molecule is CNC(=S)C1C(C)(C)CCCC1(C)C. The van der Waals surface area contributed by atoms with Gasteiger partial charge in [0.1, 0.15) is 0 Å². The predicted octanol–water partition coefficient (Wildman–Crippen LogP) is 3.39. The Kier molecular flexibility index (Phi) is 3.25. The van der Waals surface area contributed by atoms with Gasteiger partial charge in [0.05, 0.1) is 4.99 Å². The second-order valence-corrected chi connectivity index (χ2v) is 6.32. The molecule has 1 nitrogen and oxygen atoms in total. The molecule has 0 aromatic carbocycles. The van der Waals surface area contributed by atoms with Crippen molar-refractivity contribution in [2.24, 2.45) is 16.7 Å². The first-order valence-corrected chi connectivity index (χ1v) is 5.94. The lowest BCUT2D eigenvalue weighted by molar-refractivity contribution is 0.0637. The van der Waals surface area contributed by atoms with Crippen LogP contribution >= 0.6 is 12.2 Å². The molecule has 0 aliphatic heterocycles. The molecule has 2 heteroatoms. The molecule has 0 saturated heterocycles. The summed E-state index contributed by atoms with van der Waals surface area (Å²) in [5.74, 6) is 0.517. The van der Waals surface area contributed by atoms with Crippen molar-refractivity contribution >= 4 is 17.2 Å². The summed E-state index contributed by atoms with van der Waals surface area (Å²) in [4.78, 5) is 1.04. The molecule has 0 atom stereocenters. The third-order valence-electron chi connectivity index (χ3n) is 3.71. The lowest BCUT2D eigenvalue weighted by Gasteiger charge is -2.49. The molecule has 0 heterocycles. The summed E-state index contributed by atoms with van der Waals surface area (Å²) in [6.45, 7) is 9.40. The van der Waals surface area contributed by atoms with E-state index in [0.29, 0.717) is 16.7 Å². The first-order valence-electron chi connectivity index (χ1n) is 5.53. The maximum absolute atomic E-state index is 5.46. The van der Waals surface area contributed by atoms with Crippen molar-refractivity contribution < 1.29 is 0 Å². The van der Waals surface area contributed by atoms with Crippen molar-refractivity contribution in [1.29, 1.82) is 0 Å². The number of hydrogen-bond donors (Lipinski definition) is 1. The largest absolute Gasteiger partial charge is 0.382 e. The van der Waals surface area contributed by atoms with Gasteiger partial charge in [0.15, 0.2) is 0 Å². The minimum Gasteiger partial charge on any atom is -0.382 e. The third kappa shape index (κ3) is 2.10. The maximum atomic E-state index is 5.46. The normalized spacial score (nSPS) is 25.8. The van der Waals surface area contributed by atoms with Crippen LogP contribution in [0.4, 0.5) is 0 Å². The van der Waals surface area contributed by atoms with Gasteiger partial charge in [-0.05, 0) is 23.7 Å². The lowest BCUT2D eigenvalue weighted by atomic mass is 9.57. The molecule has 0 aromatic rings. The predicted molar refractivity (Wildman–Crippen MR) is 66.6 cm³/mol. The van der Waals surface area contributed by atoms with Crippen LogP contribution in [0.25, 0.3) is 0 Å². The summed E-state index contributed by atoms with van der Waals surface area (Å²) in [5, 5.41) is 3.18. The van der Waals surface area contributed by atoms with Gasteiger partial charge in [0.2, 0.25) is 0 Å². The maximum Gasteiger partial charge on any atom is 0.0792 e. The number of nitrogens with one attached hydrogen (secondary N) is 1. The van der Waals surface area contributed by atoms with Crippen molar-refractivity contribution in [3.8, 4) is 0 Å². The van der Waals surface area contributed by atoms with Crippen LogP contribution in [0.1, 0.15) is 47.0 Å². The average Bonchev–Trinajstić information content (AvgIpc) is 2.00. The molecule has 0 radical (unpaired) electrons. The fraction of sp³-hybridized carbons (Fsp3) is 0.917. The van der Waals surface area contributed by atoms with Gasteiger partial charge in [-0.1, -0.05) is 46.3 Å². The van der Waals surface area contributed by atoms with Crippen molar-refractivity contribution in [3.05, 3.63) is 0 Å². The zero-order valence-electron chi connectivity index (χ0n) is 10.1. The van der Waals surface area contributed by atoms with Crippen LogP contribution in [-0.4, -0.2) is 12.0 Å². The molecule has 0 aromatic heterocycles. The van der Waals surface area contributed by atoms with Crippen LogP contribution in [0.15, 0.2) is 0 Å². The van der Waals surface area contributed by atoms with Gasteiger partial charge in [0.25, 0.3) is 0 Å². The van der Waals surface area contributed by atoms with E-state index in [1.807, 2.05) is 7.05 Å². The summed E-state index contributed by atoms with van der Waals surface area (Å²) >= 11 is 5.46. The van der Waals surface area contributed by atoms with Gasteiger partial charge in [-0.3, -0.25) is 0 Å². The van der Waals surface area contributed by atoms with E-state index in [9.17, 15) is 0 Å². The van der Waals surface area contributed by atoms with Gasteiger partial charge in [0, 0.05) is 13.0 Å². The lowest BCUT2D eigenvalue weighted by Crippen LogP contribution is -2.48. The second kappa shape index (κ2) is 3.80. The van der Waals surface area contributed by atoms with E-state index in [-0.39, 0.29) is 0 Å².